The van der Waals surface area contributed by atoms with Crippen LogP contribution in [0.3, 0.4) is 0 Å². The van der Waals surface area contributed by atoms with Gasteiger partial charge in [0.15, 0.2) is 0 Å². The number of hydrogen-bond acceptors (Lipinski definition) is 6. The average molecular weight is 482 g/mol. The van der Waals surface area contributed by atoms with Crippen molar-refractivity contribution in [1.82, 2.24) is 20.3 Å². The van der Waals surface area contributed by atoms with Crippen LogP contribution in [0.4, 0.5) is 20.8 Å². The van der Waals surface area contributed by atoms with Crippen LogP contribution in [0.2, 0.25) is 5.02 Å². The Morgan fingerprint density at radius 3 is 2.71 bits per heavy atom. The minimum Gasteiger partial charge on any atom is -0.457 e. The molecule has 4 aromatic rings. The number of aliphatic imine (C=N–C) groups is 1. The molecular weight excluding hydrogens is 465 g/mol. The lowest BCUT2D eigenvalue weighted by molar-refractivity contribution is 0.0957. The number of aromatic amines is 1. The quantitative estimate of drug-likeness (QED) is 0.139. The largest absolute Gasteiger partial charge is 0.457 e. The molecule has 0 aliphatic carbocycles. The molecule has 2 amide bonds. The third kappa shape index (κ3) is 5.10. The van der Waals surface area contributed by atoms with E-state index < -0.39 is 6.16 Å². The number of nitrogens with zero attached hydrogens (tertiary/aromatic N) is 3. The highest BCUT2D eigenvalue weighted by Gasteiger charge is 2.11. The number of benzene rings is 2. The molecule has 12 heteroatoms. The Kier molecular flexibility index (Phi) is 6.37. The lowest BCUT2D eigenvalue weighted by atomic mass is 10.2. The molecule has 0 aliphatic heterocycles. The summed E-state index contributed by atoms with van der Waals surface area (Å²) in [5.74, 6) is 0.711. The van der Waals surface area contributed by atoms with Crippen molar-refractivity contribution in [3.05, 3.63) is 71.0 Å². The number of nitrogens with two attached hydrogens (primary N) is 1. The molecule has 0 radical (unpaired) electrons. The van der Waals surface area contributed by atoms with Crippen molar-refractivity contribution >= 4 is 52.2 Å². The maximum absolute atomic E-state index is 12.6. The van der Waals surface area contributed by atoms with E-state index in [2.05, 4.69) is 30.6 Å². The summed E-state index contributed by atoms with van der Waals surface area (Å²) in [5.41, 5.74) is 7.94. The molecule has 2 aromatic carbocycles. The van der Waals surface area contributed by atoms with E-state index in [0.717, 1.165) is 0 Å². The minimum atomic E-state index is -1.92. The molecule has 34 heavy (non-hydrogen) atoms. The molecule has 0 saturated carbocycles. The van der Waals surface area contributed by atoms with Gasteiger partial charge in [0.05, 0.1) is 16.1 Å². The molecule has 5 N–H and O–H groups in total. The Labute approximate surface area is 197 Å². The van der Waals surface area contributed by atoms with Crippen LogP contribution >= 0.6 is 11.6 Å². The molecule has 4 rings (SSSR count). The number of pyridine rings is 1. The molecule has 0 unspecified atom stereocenters. The van der Waals surface area contributed by atoms with E-state index >= 15 is 0 Å². The van der Waals surface area contributed by atoms with Gasteiger partial charge < -0.3 is 26.1 Å². The van der Waals surface area contributed by atoms with Gasteiger partial charge in [-0.3, -0.25) is 9.78 Å². The number of amidine groups is 1. The molecule has 2 aromatic heterocycles. The second kappa shape index (κ2) is 9.55. The maximum atomic E-state index is 12.6. The first-order chi connectivity index (χ1) is 16.3. The number of anilines is 2. The molecule has 0 saturated heterocycles. The van der Waals surface area contributed by atoms with E-state index in [-0.39, 0.29) is 28.0 Å². The van der Waals surface area contributed by atoms with Gasteiger partial charge in [-0.1, -0.05) is 11.6 Å². The zero-order valence-corrected chi connectivity index (χ0v) is 18.4. The first kappa shape index (κ1) is 22.7. The predicted octanol–water partition coefficient (Wildman–Crippen LogP) is 4.30. The van der Waals surface area contributed by atoms with Crippen LogP contribution in [0.15, 0.2) is 59.7 Å². The van der Waals surface area contributed by atoms with Crippen LogP contribution in [0.1, 0.15) is 16.1 Å². The predicted molar refractivity (Wildman–Crippen MR) is 126 cm³/mol. The van der Waals surface area contributed by atoms with Crippen LogP contribution < -0.4 is 21.1 Å². The van der Waals surface area contributed by atoms with E-state index in [1.54, 1.807) is 30.3 Å². The van der Waals surface area contributed by atoms with Gasteiger partial charge in [0, 0.05) is 36.6 Å². The Balaban J connectivity index is 1.55. The monoisotopic (exact) mass is 481 g/mol. The van der Waals surface area contributed by atoms with Crippen molar-refractivity contribution in [2.24, 2.45) is 10.7 Å². The normalized spacial score (nSPS) is 11.3. The summed E-state index contributed by atoms with van der Waals surface area (Å²) < 4.78 is 18.4. The highest BCUT2D eigenvalue weighted by molar-refractivity contribution is 6.34. The number of carbonyl (C=O) groups excluding carboxylic acids is 2. The van der Waals surface area contributed by atoms with Crippen LogP contribution in [-0.2, 0) is 0 Å². The second-order valence-corrected chi connectivity index (χ2v) is 7.30. The topological polar surface area (TPSA) is 147 Å². The molecule has 10 nitrogen and oxygen atoms in total. The van der Waals surface area contributed by atoms with E-state index in [4.69, 9.17) is 22.1 Å². The fourth-order valence-corrected chi connectivity index (χ4v) is 3.28. The van der Waals surface area contributed by atoms with Gasteiger partial charge in [0.1, 0.15) is 23.0 Å². The summed E-state index contributed by atoms with van der Waals surface area (Å²) in [6, 6.07) is 13.1. The van der Waals surface area contributed by atoms with E-state index in [0.29, 0.717) is 34.2 Å². The van der Waals surface area contributed by atoms with E-state index in [1.165, 1.54) is 31.4 Å². The number of rotatable bonds is 6. The second-order valence-electron chi connectivity index (χ2n) is 6.89. The lowest BCUT2D eigenvalue weighted by Crippen LogP contribution is -2.18. The third-order valence-electron chi connectivity index (χ3n) is 4.59. The number of fused-ring (bicyclic) bond motifs is 1. The maximum Gasteiger partial charge on any atom is 0.425 e. The Hall–Kier alpha value is -4.51. The van der Waals surface area contributed by atoms with Gasteiger partial charge in [-0.15, -0.1) is 4.39 Å². The molecule has 0 fully saturated rings. The number of imidazole rings is 1. The van der Waals surface area contributed by atoms with E-state index in [1.807, 2.05) is 0 Å². The van der Waals surface area contributed by atoms with Gasteiger partial charge in [-0.25, -0.2) is 9.78 Å². The van der Waals surface area contributed by atoms with Crippen molar-refractivity contribution in [3.63, 3.8) is 0 Å². The Bertz CT molecular complexity index is 1440. The smallest absolute Gasteiger partial charge is 0.425 e. The summed E-state index contributed by atoms with van der Waals surface area (Å²) in [6.45, 7) is 0. The SMILES string of the molecule is CNC(=O)c1cc(Oc2ccc3nc(Nc4ccc(Cl)c(/C(N)=N/C(=O)F)c4)[nH]c3c2)ccn1. The number of amides is 2. The Morgan fingerprint density at radius 1 is 1.15 bits per heavy atom. The average Bonchev–Trinajstić information content (AvgIpc) is 3.21. The number of hydrogen-bond donors (Lipinski definition) is 4. The lowest BCUT2D eigenvalue weighted by Gasteiger charge is -2.07. The molecule has 0 aliphatic rings. The van der Waals surface area contributed by atoms with Gasteiger partial charge in [0.25, 0.3) is 5.91 Å². The minimum absolute atomic E-state index is 0.193. The summed E-state index contributed by atoms with van der Waals surface area (Å²) in [7, 11) is 1.52. The van der Waals surface area contributed by atoms with Crippen molar-refractivity contribution in [1.29, 1.82) is 0 Å². The molecule has 0 bridgehead atoms. The van der Waals surface area contributed by atoms with Gasteiger partial charge in [-0.2, -0.15) is 4.99 Å². The standard InChI is InChI=1S/C22H17ClFN7O3/c1-26-20(32)18-10-13(6-7-27-18)34-12-3-5-16-17(9-12)30-22(29-16)28-11-2-4-15(23)14(8-11)19(25)31-21(24)33/h2-10H,1H3,(H,26,32)(H2,25,31,33)(H2,28,29,30). The highest BCUT2D eigenvalue weighted by Crippen LogP contribution is 2.27. The number of H-pyrrole nitrogens is 1. The third-order valence-corrected chi connectivity index (χ3v) is 4.92. The molecule has 0 atom stereocenters. The van der Waals surface area contributed by atoms with Crippen LogP contribution in [0.25, 0.3) is 11.0 Å². The number of nitrogens with one attached hydrogen (secondary N) is 3. The van der Waals surface area contributed by atoms with Crippen molar-refractivity contribution in [2.75, 3.05) is 12.4 Å². The first-order valence-electron chi connectivity index (χ1n) is 9.78. The van der Waals surface area contributed by atoms with Gasteiger partial charge in [-0.05, 0) is 36.4 Å². The fraction of sp³-hybridized carbons (Fsp3) is 0.0455. The number of ether oxygens (including phenoxy) is 1. The molecule has 172 valence electrons. The first-order valence-corrected chi connectivity index (χ1v) is 10.2. The molecule has 0 spiro atoms. The number of halogens is 2. The number of aromatic nitrogens is 3. The fourth-order valence-electron chi connectivity index (χ4n) is 3.07. The van der Waals surface area contributed by atoms with Crippen molar-refractivity contribution in [3.8, 4) is 11.5 Å². The summed E-state index contributed by atoms with van der Waals surface area (Å²) in [6.07, 6.45) is -0.434. The summed E-state index contributed by atoms with van der Waals surface area (Å²) in [5, 5.41) is 5.77. The zero-order chi connectivity index (χ0) is 24.2. The summed E-state index contributed by atoms with van der Waals surface area (Å²) >= 11 is 6.08. The highest BCUT2D eigenvalue weighted by atomic mass is 35.5. The molecule has 2 heterocycles. The zero-order valence-electron chi connectivity index (χ0n) is 17.6. The van der Waals surface area contributed by atoms with Crippen LogP contribution in [0.5, 0.6) is 11.5 Å². The van der Waals surface area contributed by atoms with Crippen LogP contribution in [-0.4, -0.2) is 39.9 Å². The Morgan fingerprint density at radius 2 is 1.94 bits per heavy atom. The van der Waals surface area contributed by atoms with Crippen LogP contribution in [0, 0.1) is 0 Å². The van der Waals surface area contributed by atoms with E-state index in [9.17, 15) is 14.0 Å². The van der Waals surface area contributed by atoms with Crippen molar-refractivity contribution in [2.45, 2.75) is 0 Å². The molecular formula is C22H17ClFN7O3. The van der Waals surface area contributed by atoms with Crippen molar-refractivity contribution < 1.29 is 18.7 Å². The summed E-state index contributed by atoms with van der Waals surface area (Å²) in [4.78, 5) is 37.0. The number of carbonyl (C=O) groups is 2. The van der Waals surface area contributed by atoms with Gasteiger partial charge in [0.2, 0.25) is 5.95 Å². The van der Waals surface area contributed by atoms with Gasteiger partial charge >= 0.3 is 6.16 Å².